The van der Waals surface area contributed by atoms with E-state index in [1.165, 1.54) is 12.1 Å². The van der Waals surface area contributed by atoms with Gasteiger partial charge in [-0.2, -0.15) is 4.98 Å². The van der Waals surface area contributed by atoms with E-state index in [0.717, 1.165) is 11.1 Å². The van der Waals surface area contributed by atoms with Gasteiger partial charge in [0.1, 0.15) is 5.75 Å². The highest BCUT2D eigenvalue weighted by molar-refractivity contribution is 7.90. The van der Waals surface area contributed by atoms with Gasteiger partial charge in [-0.05, 0) is 43.2 Å². The molecule has 1 fully saturated rings. The van der Waals surface area contributed by atoms with Crippen molar-refractivity contribution in [1.82, 2.24) is 15.0 Å². The van der Waals surface area contributed by atoms with Crippen LogP contribution in [0.25, 0.3) is 0 Å². The van der Waals surface area contributed by atoms with E-state index < -0.39 is 21.9 Å². The summed E-state index contributed by atoms with van der Waals surface area (Å²) in [6.07, 6.45) is -0.218. The maximum Gasteiger partial charge on any atom is 0.335 e. The Kier molecular flexibility index (Phi) is 6.09. The second-order valence-corrected chi connectivity index (χ2v) is 9.95. The standard InChI is InChI=1S/C22H23N3O6S/c1-14-2-8-18(9-3-14)32(29,30)13-20-23-21(31-24-20)19-10-17(26)12-25(19)11-15-4-6-16(7-5-15)22(27)28/h2-9,17,19,26H,10-13H2,1H3,(H,27,28). The van der Waals surface area contributed by atoms with E-state index in [1.54, 1.807) is 36.4 Å². The third kappa shape index (κ3) is 4.87. The van der Waals surface area contributed by atoms with E-state index in [9.17, 15) is 18.3 Å². The fourth-order valence-corrected chi connectivity index (χ4v) is 4.93. The van der Waals surface area contributed by atoms with Gasteiger partial charge in [-0.3, -0.25) is 4.90 Å². The zero-order valence-corrected chi connectivity index (χ0v) is 18.2. The zero-order valence-electron chi connectivity index (χ0n) is 17.4. The van der Waals surface area contributed by atoms with E-state index in [0.29, 0.717) is 19.5 Å². The van der Waals surface area contributed by atoms with E-state index in [-0.39, 0.29) is 34.0 Å². The number of rotatable bonds is 7. The van der Waals surface area contributed by atoms with Crippen LogP contribution in [0.5, 0.6) is 0 Å². The van der Waals surface area contributed by atoms with E-state index in [1.807, 2.05) is 11.8 Å². The smallest absolute Gasteiger partial charge is 0.335 e. The summed E-state index contributed by atoms with van der Waals surface area (Å²) in [5.41, 5.74) is 2.03. The van der Waals surface area contributed by atoms with Crippen molar-refractivity contribution in [3.63, 3.8) is 0 Å². The highest BCUT2D eigenvalue weighted by atomic mass is 32.2. The Morgan fingerprint density at radius 1 is 1.16 bits per heavy atom. The Bertz CT molecular complexity index is 1210. The number of likely N-dealkylation sites (tertiary alicyclic amines) is 1. The van der Waals surface area contributed by atoms with E-state index >= 15 is 0 Å². The summed E-state index contributed by atoms with van der Waals surface area (Å²) in [5, 5.41) is 23.1. The number of aliphatic hydroxyl groups is 1. The normalized spacial score (nSPS) is 19.3. The van der Waals surface area contributed by atoms with Gasteiger partial charge >= 0.3 is 5.97 Å². The first-order chi connectivity index (χ1) is 15.2. The van der Waals surface area contributed by atoms with Crippen molar-refractivity contribution in [1.29, 1.82) is 0 Å². The second kappa shape index (κ2) is 8.81. The van der Waals surface area contributed by atoms with Crippen molar-refractivity contribution in [2.24, 2.45) is 0 Å². The third-order valence-corrected chi connectivity index (χ3v) is 7.06. The molecular formula is C22H23N3O6S. The number of carboxylic acid groups (broad SMARTS) is 1. The molecule has 2 heterocycles. The summed E-state index contributed by atoms with van der Waals surface area (Å²) in [6.45, 7) is 2.70. The molecule has 4 rings (SSSR count). The average molecular weight is 458 g/mol. The summed E-state index contributed by atoms with van der Waals surface area (Å²) in [6, 6.07) is 12.7. The number of aliphatic hydroxyl groups excluding tert-OH is 1. The molecule has 0 saturated carbocycles. The Morgan fingerprint density at radius 3 is 2.50 bits per heavy atom. The van der Waals surface area contributed by atoms with Gasteiger partial charge in [0.25, 0.3) is 0 Å². The number of carbonyl (C=O) groups is 1. The Labute approximate surface area is 185 Å². The van der Waals surface area contributed by atoms with Crippen molar-refractivity contribution in [2.75, 3.05) is 6.54 Å². The van der Waals surface area contributed by atoms with Gasteiger partial charge in [-0.15, -0.1) is 0 Å². The lowest BCUT2D eigenvalue weighted by Crippen LogP contribution is -2.24. The van der Waals surface area contributed by atoms with Crippen molar-refractivity contribution < 1.29 is 27.9 Å². The van der Waals surface area contributed by atoms with Crippen LogP contribution in [0.3, 0.4) is 0 Å². The lowest BCUT2D eigenvalue weighted by Gasteiger charge is -2.21. The first-order valence-corrected chi connectivity index (χ1v) is 11.7. The number of hydrogen-bond donors (Lipinski definition) is 2. The summed E-state index contributed by atoms with van der Waals surface area (Å²) >= 11 is 0. The highest BCUT2D eigenvalue weighted by Crippen LogP contribution is 2.33. The quantitative estimate of drug-likeness (QED) is 0.548. The monoisotopic (exact) mass is 457 g/mol. The molecule has 32 heavy (non-hydrogen) atoms. The molecule has 10 heteroatoms. The molecular weight excluding hydrogens is 434 g/mol. The molecule has 0 radical (unpaired) electrons. The summed E-state index contributed by atoms with van der Waals surface area (Å²) in [5.74, 6) is -1.07. The first-order valence-electron chi connectivity index (χ1n) is 10.1. The fourth-order valence-electron chi connectivity index (χ4n) is 3.76. The summed E-state index contributed by atoms with van der Waals surface area (Å²) < 4.78 is 30.7. The van der Waals surface area contributed by atoms with Gasteiger partial charge in [-0.1, -0.05) is 35.0 Å². The van der Waals surface area contributed by atoms with Crippen LogP contribution in [0.2, 0.25) is 0 Å². The molecule has 0 bridgehead atoms. The molecule has 1 aromatic heterocycles. The predicted molar refractivity (Wildman–Crippen MR) is 114 cm³/mol. The average Bonchev–Trinajstić information content (AvgIpc) is 3.34. The number of aromatic carboxylic acids is 1. The number of hydrogen-bond acceptors (Lipinski definition) is 8. The van der Waals surface area contributed by atoms with Crippen LogP contribution in [0.1, 0.15) is 45.7 Å². The SMILES string of the molecule is Cc1ccc(S(=O)(=O)Cc2noc(C3CC(O)CN3Cc3ccc(C(=O)O)cc3)n2)cc1. The van der Waals surface area contributed by atoms with Gasteiger partial charge in [0.15, 0.2) is 15.7 Å². The van der Waals surface area contributed by atoms with Crippen molar-refractivity contribution in [3.05, 3.63) is 76.9 Å². The van der Waals surface area contributed by atoms with Crippen LogP contribution in [0.4, 0.5) is 0 Å². The van der Waals surface area contributed by atoms with E-state index in [4.69, 9.17) is 9.63 Å². The highest BCUT2D eigenvalue weighted by Gasteiger charge is 2.36. The minimum Gasteiger partial charge on any atom is -0.478 e. The number of aryl methyl sites for hydroxylation is 1. The molecule has 2 unspecified atom stereocenters. The molecule has 0 aliphatic carbocycles. The summed E-state index contributed by atoms with van der Waals surface area (Å²) in [7, 11) is -3.62. The molecule has 1 aliphatic heterocycles. The van der Waals surface area contributed by atoms with Crippen molar-refractivity contribution in [2.45, 2.75) is 42.7 Å². The predicted octanol–water partition coefficient (Wildman–Crippen LogP) is 2.36. The maximum atomic E-state index is 12.7. The molecule has 9 nitrogen and oxygen atoms in total. The van der Waals surface area contributed by atoms with Crippen LogP contribution < -0.4 is 0 Å². The van der Waals surface area contributed by atoms with Crippen molar-refractivity contribution in [3.8, 4) is 0 Å². The minimum atomic E-state index is -3.62. The molecule has 2 aromatic carbocycles. The van der Waals surface area contributed by atoms with Gasteiger partial charge in [0.2, 0.25) is 5.89 Å². The topological polar surface area (TPSA) is 134 Å². The van der Waals surface area contributed by atoms with Crippen LogP contribution in [-0.4, -0.2) is 52.3 Å². The second-order valence-electron chi connectivity index (χ2n) is 7.96. The Morgan fingerprint density at radius 2 is 1.84 bits per heavy atom. The lowest BCUT2D eigenvalue weighted by molar-refractivity contribution is 0.0697. The molecule has 1 aliphatic rings. The first kappa shape index (κ1) is 22.1. The van der Waals surface area contributed by atoms with Gasteiger partial charge in [-0.25, -0.2) is 13.2 Å². The van der Waals surface area contributed by atoms with Gasteiger partial charge in [0, 0.05) is 13.1 Å². The zero-order chi connectivity index (χ0) is 22.9. The van der Waals surface area contributed by atoms with Crippen LogP contribution >= 0.6 is 0 Å². The largest absolute Gasteiger partial charge is 0.478 e. The molecule has 3 aromatic rings. The molecule has 1 saturated heterocycles. The Hall–Kier alpha value is -3.08. The maximum absolute atomic E-state index is 12.7. The van der Waals surface area contributed by atoms with Gasteiger partial charge in [0.05, 0.1) is 22.6 Å². The van der Waals surface area contributed by atoms with E-state index in [2.05, 4.69) is 10.1 Å². The molecule has 2 N–H and O–H groups in total. The molecule has 0 amide bonds. The number of carboxylic acids is 1. The van der Waals surface area contributed by atoms with Crippen LogP contribution in [-0.2, 0) is 22.1 Å². The molecule has 168 valence electrons. The lowest BCUT2D eigenvalue weighted by atomic mass is 10.1. The number of nitrogens with zero attached hydrogens (tertiary/aromatic N) is 3. The van der Waals surface area contributed by atoms with Crippen LogP contribution in [0.15, 0.2) is 57.9 Å². The molecule has 0 spiro atoms. The number of aromatic nitrogens is 2. The fraction of sp³-hybridized carbons (Fsp3) is 0.318. The summed E-state index contributed by atoms with van der Waals surface area (Å²) in [4.78, 5) is 17.5. The number of benzene rings is 2. The minimum absolute atomic E-state index is 0.0627. The third-order valence-electron chi connectivity index (χ3n) is 5.44. The number of β-amino-alcohol motifs (C(OH)–C–C–N with tert-alkyl or cyclic N) is 1. The molecule has 2 atom stereocenters. The van der Waals surface area contributed by atoms with Crippen molar-refractivity contribution >= 4 is 15.8 Å². The van der Waals surface area contributed by atoms with Gasteiger partial charge < -0.3 is 14.7 Å². The Balaban J connectivity index is 1.49. The van der Waals surface area contributed by atoms with Crippen LogP contribution in [0, 0.1) is 6.92 Å². The number of sulfone groups is 1.